The van der Waals surface area contributed by atoms with Crippen LogP contribution in [0.15, 0.2) is 5.16 Å². The van der Waals surface area contributed by atoms with Gasteiger partial charge < -0.3 is 20.6 Å². The summed E-state index contributed by atoms with van der Waals surface area (Å²) in [6.07, 6.45) is 0.470. The Morgan fingerprint density at radius 3 is 2.44 bits per heavy atom. The summed E-state index contributed by atoms with van der Waals surface area (Å²) in [5.74, 6) is -0.203. The van der Waals surface area contributed by atoms with E-state index in [9.17, 15) is 4.79 Å². The molecule has 0 aromatic carbocycles. The molecule has 0 aliphatic rings. The summed E-state index contributed by atoms with van der Waals surface area (Å²) >= 11 is 0. The van der Waals surface area contributed by atoms with Crippen molar-refractivity contribution in [2.24, 2.45) is 16.3 Å². The van der Waals surface area contributed by atoms with Crippen molar-refractivity contribution in [1.29, 1.82) is 0 Å². The van der Waals surface area contributed by atoms with Crippen molar-refractivity contribution in [2.75, 3.05) is 20.3 Å². The van der Waals surface area contributed by atoms with Crippen LogP contribution in [0.2, 0.25) is 0 Å². The maximum Gasteiger partial charge on any atom is 0.236 e. The van der Waals surface area contributed by atoms with Crippen LogP contribution in [-0.4, -0.2) is 48.2 Å². The van der Waals surface area contributed by atoms with Crippen LogP contribution in [-0.2, 0) is 9.53 Å². The molecule has 0 aliphatic carbocycles. The van der Waals surface area contributed by atoms with Crippen LogP contribution >= 0.6 is 0 Å². The summed E-state index contributed by atoms with van der Waals surface area (Å²) in [5, 5.41) is 11.8. The summed E-state index contributed by atoms with van der Waals surface area (Å²) in [4.78, 5) is 14.2. The van der Waals surface area contributed by atoms with E-state index in [-0.39, 0.29) is 17.8 Å². The van der Waals surface area contributed by atoms with Crippen LogP contribution in [0.3, 0.4) is 0 Å². The van der Waals surface area contributed by atoms with E-state index in [2.05, 4.69) is 5.16 Å². The maximum absolute atomic E-state index is 12.5. The van der Waals surface area contributed by atoms with E-state index in [4.69, 9.17) is 15.7 Å². The summed E-state index contributed by atoms with van der Waals surface area (Å²) in [6, 6.07) is 0.0324. The Labute approximate surface area is 109 Å². The first-order valence-electron chi connectivity index (χ1n) is 6.13. The van der Waals surface area contributed by atoms with Crippen molar-refractivity contribution < 1.29 is 14.7 Å². The monoisotopic (exact) mass is 259 g/mol. The fourth-order valence-electron chi connectivity index (χ4n) is 1.65. The number of nitrogens with two attached hydrogens (primary N) is 1. The number of rotatable bonds is 7. The van der Waals surface area contributed by atoms with Gasteiger partial charge in [-0.1, -0.05) is 12.1 Å². The lowest BCUT2D eigenvalue weighted by atomic mass is 9.84. The minimum Gasteiger partial charge on any atom is -0.409 e. The van der Waals surface area contributed by atoms with Crippen LogP contribution in [0.5, 0.6) is 0 Å². The lowest BCUT2D eigenvalue weighted by Crippen LogP contribution is -2.52. The first-order valence-corrected chi connectivity index (χ1v) is 6.13. The molecular weight excluding hydrogens is 234 g/mol. The largest absolute Gasteiger partial charge is 0.409 e. The molecule has 1 amide bonds. The van der Waals surface area contributed by atoms with Crippen LogP contribution in [0.4, 0.5) is 0 Å². The lowest BCUT2D eigenvalue weighted by Gasteiger charge is -2.35. The molecule has 0 radical (unpaired) electrons. The molecule has 0 saturated heterocycles. The third-order valence-electron chi connectivity index (χ3n) is 3.27. The van der Waals surface area contributed by atoms with Crippen LogP contribution in [0.25, 0.3) is 0 Å². The van der Waals surface area contributed by atoms with E-state index < -0.39 is 5.41 Å². The summed E-state index contributed by atoms with van der Waals surface area (Å²) < 4.78 is 5.00. The van der Waals surface area contributed by atoms with Gasteiger partial charge in [0.05, 0.1) is 6.61 Å². The molecular formula is C12H25N3O3. The quantitative estimate of drug-likeness (QED) is 0.309. The molecule has 1 unspecified atom stereocenters. The molecule has 18 heavy (non-hydrogen) atoms. The van der Waals surface area contributed by atoms with Gasteiger partial charge in [-0.15, -0.1) is 0 Å². The molecule has 106 valence electrons. The molecule has 0 aromatic rings. The average molecular weight is 259 g/mol. The number of amidine groups is 1. The molecule has 0 bridgehead atoms. The van der Waals surface area contributed by atoms with Gasteiger partial charge in [-0.05, 0) is 27.2 Å². The first kappa shape index (κ1) is 16.7. The number of amides is 1. The van der Waals surface area contributed by atoms with Crippen molar-refractivity contribution in [3.63, 3.8) is 0 Å². The number of carbonyl (C=O) groups excluding carboxylic acids is 1. The van der Waals surface area contributed by atoms with Gasteiger partial charge in [-0.25, -0.2) is 0 Å². The fraction of sp³-hybridized carbons (Fsp3) is 0.833. The minimum absolute atomic E-state index is 0.0324. The minimum atomic E-state index is -0.979. The molecule has 0 saturated carbocycles. The lowest BCUT2D eigenvalue weighted by molar-refractivity contribution is -0.140. The third-order valence-corrected chi connectivity index (χ3v) is 3.27. The second-order valence-electron chi connectivity index (χ2n) is 4.76. The molecule has 0 spiro atoms. The summed E-state index contributed by atoms with van der Waals surface area (Å²) in [6.45, 7) is 8.32. The number of ether oxygens (including phenoxy) is 1. The van der Waals surface area contributed by atoms with Crippen molar-refractivity contribution >= 4 is 11.7 Å². The van der Waals surface area contributed by atoms with Crippen LogP contribution < -0.4 is 5.73 Å². The zero-order chi connectivity index (χ0) is 14.3. The van der Waals surface area contributed by atoms with Gasteiger partial charge >= 0.3 is 0 Å². The molecule has 0 heterocycles. The smallest absolute Gasteiger partial charge is 0.236 e. The predicted octanol–water partition coefficient (Wildman–Crippen LogP) is 1.03. The van der Waals surface area contributed by atoms with Gasteiger partial charge in [-0.3, -0.25) is 4.79 Å². The molecule has 0 fully saturated rings. The van der Waals surface area contributed by atoms with Gasteiger partial charge in [0.25, 0.3) is 0 Å². The molecule has 0 aliphatic heterocycles. The number of oxime groups is 1. The van der Waals surface area contributed by atoms with Gasteiger partial charge in [0.1, 0.15) is 5.41 Å². The van der Waals surface area contributed by atoms with Crippen LogP contribution in [0, 0.1) is 5.41 Å². The number of methoxy groups -OCH3 is 1. The van der Waals surface area contributed by atoms with Crippen molar-refractivity contribution in [1.82, 2.24) is 4.90 Å². The predicted molar refractivity (Wildman–Crippen MR) is 70.5 cm³/mol. The topological polar surface area (TPSA) is 88.2 Å². The molecule has 6 nitrogen and oxygen atoms in total. The van der Waals surface area contributed by atoms with Gasteiger partial charge in [0.15, 0.2) is 5.84 Å². The Morgan fingerprint density at radius 1 is 1.56 bits per heavy atom. The summed E-state index contributed by atoms with van der Waals surface area (Å²) in [5.41, 5.74) is 4.67. The number of nitrogens with zero attached hydrogens (tertiary/aromatic N) is 2. The van der Waals surface area contributed by atoms with E-state index in [0.717, 1.165) is 0 Å². The normalized spacial score (nSPS) is 15.6. The summed E-state index contributed by atoms with van der Waals surface area (Å²) in [7, 11) is 1.59. The Balaban J connectivity index is 5.15. The third kappa shape index (κ3) is 3.60. The van der Waals surface area contributed by atoms with Gasteiger partial charge in [-0.2, -0.15) is 0 Å². The highest BCUT2D eigenvalue weighted by Gasteiger charge is 2.40. The highest BCUT2D eigenvalue weighted by Crippen LogP contribution is 2.25. The van der Waals surface area contributed by atoms with E-state index in [1.807, 2.05) is 20.8 Å². The van der Waals surface area contributed by atoms with Crippen molar-refractivity contribution in [2.45, 2.75) is 40.2 Å². The molecule has 6 heteroatoms. The molecule has 0 aromatic heterocycles. The van der Waals surface area contributed by atoms with Crippen LogP contribution in [0.1, 0.15) is 34.1 Å². The standard InChI is InChI=1S/C12H25N3O3/c1-6-12(4,10(13)14-17)11(16)15(9(2)3)7-8-18-5/h9,17H,6-8H2,1-5H3,(H2,13,14). The SMILES string of the molecule is CCC(C)(C(=O)N(CCOC)C(C)C)C(N)=NO. The molecule has 0 rings (SSSR count). The number of hydrogen-bond donors (Lipinski definition) is 2. The van der Waals surface area contributed by atoms with E-state index in [0.29, 0.717) is 19.6 Å². The first-order chi connectivity index (χ1) is 8.34. The van der Waals surface area contributed by atoms with Gasteiger partial charge in [0, 0.05) is 19.7 Å². The second kappa shape index (κ2) is 7.20. The second-order valence-corrected chi connectivity index (χ2v) is 4.76. The fourth-order valence-corrected chi connectivity index (χ4v) is 1.65. The van der Waals surface area contributed by atoms with E-state index in [1.165, 1.54) is 0 Å². The Kier molecular flexibility index (Phi) is 6.68. The Bertz CT molecular complexity index is 305. The zero-order valence-corrected chi connectivity index (χ0v) is 11.9. The molecule has 3 N–H and O–H groups in total. The average Bonchev–Trinajstić information content (AvgIpc) is 2.36. The Morgan fingerprint density at radius 2 is 2.11 bits per heavy atom. The molecule has 1 atom stereocenters. The highest BCUT2D eigenvalue weighted by atomic mass is 16.5. The number of carbonyl (C=O) groups is 1. The van der Waals surface area contributed by atoms with E-state index in [1.54, 1.807) is 18.9 Å². The maximum atomic E-state index is 12.5. The van der Waals surface area contributed by atoms with Crippen molar-refractivity contribution in [3.8, 4) is 0 Å². The number of hydrogen-bond acceptors (Lipinski definition) is 4. The highest BCUT2D eigenvalue weighted by molar-refractivity contribution is 6.06. The van der Waals surface area contributed by atoms with Crippen molar-refractivity contribution in [3.05, 3.63) is 0 Å². The zero-order valence-electron chi connectivity index (χ0n) is 11.9. The Hall–Kier alpha value is -1.30. The van der Waals surface area contributed by atoms with Gasteiger partial charge in [0.2, 0.25) is 5.91 Å². The van der Waals surface area contributed by atoms with E-state index >= 15 is 0 Å².